The molecule has 84 valence electrons. The fraction of sp³-hybridized carbons (Fsp3) is 0.364. The molecular formula is C11H17NO3. The average Bonchev–Trinajstić information content (AvgIpc) is 2.12. The molecule has 0 saturated carbocycles. The van der Waals surface area contributed by atoms with E-state index < -0.39 is 12.6 Å². The molecule has 0 heterocycles. The van der Waals surface area contributed by atoms with Crippen molar-refractivity contribution in [1.82, 2.24) is 0 Å². The van der Waals surface area contributed by atoms with E-state index in [0.717, 1.165) is 6.42 Å². The van der Waals surface area contributed by atoms with Gasteiger partial charge in [0, 0.05) is 5.70 Å². The minimum absolute atomic E-state index is 0.0489. The molecule has 0 radical (unpaired) electrons. The molecule has 0 bridgehead atoms. The van der Waals surface area contributed by atoms with Gasteiger partial charge >= 0.3 is 5.97 Å². The number of carboxylic acids is 1. The summed E-state index contributed by atoms with van der Waals surface area (Å²) in [5.41, 5.74) is 6.74. The van der Waals surface area contributed by atoms with Gasteiger partial charge in [0.15, 0.2) is 0 Å². The molecule has 0 rings (SSSR count). The van der Waals surface area contributed by atoms with Crippen LogP contribution >= 0.6 is 0 Å². The summed E-state index contributed by atoms with van der Waals surface area (Å²) >= 11 is 0. The Morgan fingerprint density at radius 3 is 2.33 bits per heavy atom. The van der Waals surface area contributed by atoms with Crippen LogP contribution in [0.1, 0.15) is 20.3 Å². The maximum atomic E-state index is 10.6. The maximum Gasteiger partial charge on any atom is 0.333 e. The molecule has 0 unspecified atom stereocenters. The summed E-state index contributed by atoms with van der Waals surface area (Å²) in [7, 11) is 0. The van der Waals surface area contributed by atoms with Gasteiger partial charge in [-0.2, -0.15) is 0 Å². The van der Waals surface area contributed by atoms with E-state index in [-0.39, 0.29) is 5.57 Å². The number of carbonyl (C=O) groups is 1. The molecule has 0 spiro atoms. The van der Waals surface area contributed by atoms with Crippen LogP contribution in [0.3, 0.4) is 0 Å². The third-order valence-corrected chi connectivity index (χ3v) is 1.62. The Bertz CT molecular complexity index is 310. The highest BCUT2D eigenvalue weighted by Gasteiger charge is 2.05. The Balaban J connectivity index is 5.04. The van der Waals surface area contributed by atoms with Crippen molar-refractivity contribution in [3.63, 3.8) is 0 Å². The number of hydrogen-bond acceptors (Lipinski definition) is 3. The summed E-state index contributed by atoms with van der Waals surface area (Å²) in [5, 5.41) is 17.5. The zero-order valence-electron chi connectivity index (χ0n) is 9.03. The lowest BCUT2D eigenvalue weighted by Crippen LogP contribution is -2.05. The molecule has 0 saturated heterocycles. The third kappa shape index (κ3) is 5.70. The predicted molar refractivity (Wildman–Crippen MR) is 59.1 cm³/mol. The van der Waals surface area contributed by atoms with Crippen LogP contribution in [0.5, 0.6) is 0 Å². The van der Waals surface area contributed by atoms with Gasteiger partial charge in [0.1, 0.15) is 0 Å². The second kappa shape index (κ2) is 6.84. The van der Waals surface area contributed by atoms with Crippen molar-refractivity contribution in [2.75, 3.05) is 6.61 Å². The van der Waals surface area contributed by atoms with E-state index in [1.807, 2.05) is 13.0 Å². The molecule has 4 N–H and O–H groups in total. The van der Waals surface area contributed by atoms with Crippen LogP contribution in [0.25, 0.3) is 0 Å². The van der Waals surface area contributed by atoms with Crippen molar-refractivity contribution in [1.29, 1.82) is 0 Å². The molecule has 0 aromatic rings. The second-order valence-corrected chi connectivity index (χ2v) is 3.13. The van der Waals surface area contributed by atoms with Crippen LogP contribution < -0.4 is 5.73 Å². The predicted octanol–water partition coefficient (Wildman–Crippen LogP) is 1.19. The fourth-order valence-electron chi connectivity index (χ4n) is 1.03. The normalized spacial score (nSPS) is 14.2. The van der Waals surface area contributed by atoms with Crippen LogP contribution in [-0.2, 0) is 4.79 Å². The monoisotopic (exact) mass is 211 g/mol. The minimum Gasteiger partial charge on any atom is -0.478 e. The Morgan fingerprint density at radius 1 is 1.40 bits per heavy atom. The Morgan fingerprint density at radius 2 is 2.00 bits per heavy atom. The van der Waals surface area contributed by atoms with Gasteiger partial charge in [0.25, 0.3) is 0 Å². The van der Waals surface area contributed by atoms with E-state index >= 15 is 0 Å². The van der Waals surface area contributed by atoms with Gasteiger partial charge in [0.2, 0.25) is 0 Å². The molecule has 4 heteroatoms. The fourth-order valence-corrected chi connectivity index (χ4v) is 1.03. The van der Waals surface area contributed by atoms with Crippen molar-refractivity contribution in [3.8, 4) is 0 Å². The van der Waals surface area contributed by atoms with E-state index in [1.165, 1.54) is 6.08 Å². The smallest absolute Gasteiger partial charge is 0.333 e. The standard InChI is InChI=1S/C11H17NO3/c1-3-4-9(5-8(2)12)6-10(7-13)11(14)15/h4-6,13H,3,7,12H2,1-2H3,(H,14,15)/b8-5-,9-4+,10-6+. The lowest BCUT2D eigenvalue weighted by atomic mass is 10.1. The van der Waals surface area contributed by atoms with Gasteiger partial charge in [-0.3, -0.25) is 0 Å². The summed E-state index contributed by atoms with van der Waals surface area (Å²) in [6.07, 6.45) is 5.70. The summed E-state index contributed by atoms with van der Waals surface area (Å²) in [6.45, 7) is 3.16. The number of hydrogen-bond donors (Lipinski definition) is 3. The Labute approximate surface area is 89.4 Å². The van der Waals surface area contributed by atoms with E-state index in [4.69, 9.17) is 15.9 Å². The van der Waals surface area contributed by atoms with E-state index in [9.17, 15) is 4.79 Å². The SMILES string of the molecule is CC/C=C(\C=C(\C)N)/C=C(\CO)C(=O)O. The molecule has 0 aliphatic carbocycles. The number of aliphatic hydroxyl groups excluding tert-OH is 1. The molecule has 0 aliphatic heterocycles. The highest BCUT2D eigenvalue weighted by molar-refractivity contribution is 5.87. The zero-order valence-corrected chi connectivity index (χ0v) is 9.03. The zero-order chi connectivity index (χ0) is 11.8. The molecule has 0 aromatic carbocycles. The van der Waals surface area contributed by atoms with Gasteiger partial charge in [0.05, 0.1) is 12.2 Å². The Kier molecular flexibility index (Phi) is 6.13. The van der Waals surface area contributed by atoms with Crippen LogP contribution in [0.2, 0.25) is 0 Å². The van der Waals surface area contributed by atoms with Gasteiger partial charge in [-0.05, 0) is 31.1 Å². The highest BCUT2D eigenvalue weighted by Crippen LogP contribution is 2.07. The first kappa shape index (κ1) is 13.4. The first-order chi connectivity index (χ1) is 7.01. The number of allylic oxidation sites excluding steroid dienone is 5. The van der Waals surface area contributed by atoms with Crippen LogP contribution in [0, 0.1) is 0 Å². The lowest BCUT2D eigenvalue weighted by molar-refractivity contribution is -0.133. The first-order valence-corrected chi connectivity index (χ1v) is 4.69. The number of rotatable bonds is 5. The van der Waals surface area contributed by atoms with Crippen molar-refractivity contribution in [2.24, 2.45) is 5.73 Å². The molecular weight excluding hydrogens is 194 g/mol. The molecule has 0 aliphatic rings. The molecule has 4 nitrogen and oxygen atoms in total. The largest absolute Gasteiger partial charge is 0.478 e. The van der Waals surface area contributed by atoms with Crippen molar-refractivity contribution < 1.29 is 15.0 Å². The first-order valence-electron chi connectivity index (χ1n) is 4.69. The highest BCUT2D eigenvalue weighted by atomic mass is 16.4. The average molecular weight is 211 g/mol. The summed E-state index contributed by atoms with van der Waals surface area (Å²) in [5.74, 6) is -1.12. The number of aliphatic hydroxyl groups is 1. The number of aliphatic carboxylic acids is 1. The number of nitrogens with two attached hydrogens (primary N) is 1. The second-order valence-electron chi connectivity index (χ2n) is 3.13. The maximum absolute atomic E-state index is 10.6. The summed E-state index contributed by atoms with van der Waals surface area (Å²) < 4.78 is 0. The minimum atomic E-state index is -1.12. The number of carboxylic acid groups (broad SMARTS) is 1. The summed E-state index contributed by atoms with van der Waals surface area (Å²) in [4.78, 5) is 10.6. The molecule has 0 amide bonds. The Hall–Kier alpha value is -1.55. The van der Waals surface area contributed by atoms with Crippen LogP contribution in [0.15, 0.2) is 35.1 Å². The third-order valence-electron chi connectivity index (χ3n) is 1.62. The lowest BCUT2D eigenvalue weighted by Gasteiger charge is -2.00. The van der Waals surface area contributed by atoms with Gasteiger partial charge in [-0.15, -0.1) is 0 Å². The molecule has 0 aromatic heterocycles. The van der Waals surface area contributed by atoms with E-state index in [1.54, 1.807) is 13.0 Å². The van der Waals surface area contributed by atoms with Crippen molar-refractivity contribution in [2.45, 2.75) is 20.3 Å². The summed E-state index contributed by atoms with van der Waals surface area (Å²) in [6, 6.07) is 0. The van der Waals surface area contributed by atoms with E-state index in [0.29, 0.717) is 11.3 Å². The quantitative estimate of drug-likeness (QED) is 0.471. The molecule has 0 fully saturated rings. The van der Waals surface area contributed by atoms with E-state index in [2.05, 4.69) is 0 Å². The topological polar surface area (TPSA) is 83.5 Å². The van der Waals surface area contributed by atoms with Crippen LogP contribution in [-0.4, -0.2) is 22.8 Å². The van der Waals surface area contributed by atoms with Crippen molar-refractivity contribution in [3.05, 3.63) is 35.1 Å². The van der Waals surface area contributed by atoms with Gasteiger partial charge in [-0.25, -0.2) is 4.79 Å². The van der Waals surface area contributed by atoms with Gasteiger partial charge in [-0.1, -0.05) is 13.0 Å². The van der Waals surface area contributed by atoms with Crippen molar-refractivity contribution >= 4 is 5.97 Å². The molecule has 0 atom stereocenters. The van der Waals surface area contributed by atoms with Gasteiger partial charge < -0.3 is 15.9 Å². The van der Waals surface area contributed by atoms with Crippen LogP contribution in [0.4, 0.5) is 0 Å². The molecule has 15 heavy (non-hydrogen) atoms.